The quantitative estimate of drug-likeness (QED) is 0.700. The number of aromatic nitrogens is 5. The van der Waals surface area contributed by atoms with Crippen molar-refractivity contribution in [3.63, 3.8) is 0 Å². The molecule has 0 spiro atoms. The van der Waals surface area contributed by atoms with Gasteiger partial charge in [-0.05, 0) is 35.2 Å². The lowest BCUT2D eigenvalue weighted by Gasteiger charge is -2.27. The van der Waals surface area contributed by atoms with Gasteiger partial charge in [-0.1, -0.05) is 6.42 Å². The van der Waals surface area contributed by atoms with Gasteiger partial charge in [0, 0.05) is 36.3 Å². The smallest absolute Gasteiger partial charge is 0.165 e. The number of nitrogen functional groups attached to an aromatic ring is 1. The van der Waals surface area contributed by atoms with Crippen LogP contribution in [-0.4, -0.2) is 30.4 Å². The van der Waals surface area contributed by atoms with Crippen molar-refractivity contribution in [1.82, 2.24) is 24.4 Å². The lowest BCUT2D eigenvalue weighted by Crippen LogP contribution is -2.27. The van der Waals surface area contributed by atoms with Crippen molar-refractivity contribution >= 4 is 27.4 Å². The normalized spacial score (nSPS) is 21.5. The Bertz CT molecular complexity index is 897. The average Bonchev–Trinajstić information content (AvgIpc) is 3.16. The van der Waals surface area contributed by atoms with Gasteiger partial charge >= 0.3 is 0 Å². The maximum atomic E-state index is 6.32. The molecule has 4 rings (SSSR count). The number of aryl methyl sites for hydroxylation is 1. The molecule has 1 unspecified atom stereocenters. The molecule has 7 nitrogen and oxygen atoms in total. The van der Waals surface area contributed by atoms with Gasteiger partial charge in [0.25, 0.3) is 0 Å². The van der Waals surface area contributed by atoms with Gasteiger partial charge in [0.1, 0.15) is 5.82 Å². The second-order valence-corrected chi connectivity index (χ2v) is 7.31. The number of halogens is 1. The van der Waals surface area contributed by atoms with E-state index in [0.29, 0.717) is 11.7 Å². The minimum atomic E-state index is 0.234. The van der Waals surface area contributed by atoms with Crippen molar-refractivity contribution in [3.05, 3.63) is 28.8 Å². The van der Waals surface area contributed by atoms with E-state index in [1.165, 1.54) is 0 Å². The van der Waals surface area contributed by atoms with Crippen molar-refractivity contribution in [1.29, 1.82) is 0 Å². The highest BCUT2D eigenvalue weighted by molar-refractivity contribution is 9.10. The fourth-order valence-corrected chi connectivity index (χ4v) is 4.10. The maximum Gasteiger partial charge on any atom is 0.165 e. The first-order valence-corrected chi connectivity index (χ1v) is 8.91. The van der Waals surface area contributed by atoms with E-state index in [-0.39, 0.29) is 6.04 Å². The third kappa shape index (κ3) is 2.50. The van der Waals surface area contributed by atoms with Crippen molar-refractivity contribution in [2.24, 2.45) is 12.8 Å². The highest BCUT2D eigenvalue weighted by Crippen LogP contribution is 2.38. The summed E-state index contributed by atoms with van der Waals surface area (Å²) >= 11 is 3.62. The van der Waals surface area contributed by atoms with Gasteiger partial charge in [0.05, 0.1) is 22.6 Å². The van der Waals surface area contributed by atoms with Crippen LogP contribution in [0, 0.1) is 0 Å². The third-order valence-corrected chi connectivity index (χ3v) is 5.58. The molecular weight excluding hydrogens is 370 g/mol. The van der Waals surface area contributed by atoms with Crippen LogP contribution in [0.2, 0.25) is 0 Å². The second kappa shape index (κ2) is 5.86. The van der Waals surface area contributed by atoms with E-state index in [1.54, 1.807) is 15.4 Å². The van der Waals surface area contributed by atoms with Gasteiger partial charge < -0.3 is 11.5 Å². The molecule has 3 heterocycles. The van der Waals surface area contributed by atoms with Crippen LogP contribution in [0.1, 0.15) is 37.3 Å². The lowest BCUT2D eigenvalue weighted by atomic mass is 9.84. The van der Waals surface area contributed by atoms with E-state index in [4.69, 9.17) is 16.5 Å². The van der Waals surface area contributed by atoms with Crippen LogP contribution < -0.4 is 11.5 Å². The summed E-state index contributed by atoms with van der Waals surface area (Å²) in [6, 6.07) is 0.234. The first kappa shape index (κ1) is 15.6. The van der Waals surface area contributed by atoms with Gasteiger partial charge in [0.2, 0.25) is 0 Å². The number of hydrogen-bond acceptors (Lipinski definition) is 5. The van der Waals surface area contributed by atoms with Crippen LogP contribution in [-0.2, 0) is 7.05 Å². The van der Waals surface area contributed by atoms with Crippen molar-refractivity contribution in [2.75, 3.05) is 5.73 Å². The fraction of sp³-hybridized carbons (Fsp3) is 0.438. The Morgan fingerprint density at radius 3 is 2.79 bits per heavy atom. The summed E-state index contributed by atoms with van der Waals surface area (Å²) in [7, 11) is 1.89. The Balaban J connectivity index is 1.87. The van der Waals surface area contributed by atoms with Crippen LogP contribution in [0.3, 0.4) is 0 Å². The van der Waals surface area contributed by atoms with Gasteiger partial charge in [0.15, 0.2) is 5.65 Å². The fourth-order valence-electron chi connectivity index (χ4n) is 3.52. The molecule has 1 fully saturated rings. The molecule has 24 heavy (non-hydrogen) atoms. The number of hydrogen-bond donors (Lipinski definition) is 2. The number of nitrogens with zero attached hydrogens (tertiary/aromatic N) is 5. The minimum Gasteiger partial charge on any atom is -0.383 e. The molecule has 8 heteroatoms. The molecule has 3 aromatic heterocycles. The van der Waals surface area contributed by atoms with E-state index in [1.807, 2.05) is 19.4 Å². The number of nitrogens with two attached hydrogens (primary N) is 2. The summed E-state index contributed by atoms with van der Waals surface area (Å²) in [4.78, 5) is 4.92. The van der Waals surface area contributed by atoms with Crippen LogP contribution in [0.5, 0.6) is 0 Å². The van der Waals surface area contributed by atoms with Gasteiger partial charge in [-0.3, -0.25) is 4.68 Å². The van der Waals surface area contributed by atoms with E-state index in [2.05, 4.69) is 26.1 Å². The molecule has 0 saturated heterocycles. The summed E-state index contributed by atoms with van der Waals surface area (Å²) in [5, 5.41) is 8.64. The Hall–Kier alpha value is -1.93. The van der Waals surface area contributed by atoms with E-state index in [0.717, 1.165) is 52.6 Å². The molecule has 0 radical (unpaired) electrons. The predicted octanol–water partition coefficient (Wildman–Crippen LogP) is 2.46. The number of rotatable bonds is 2. The third-order valence-electron chi connectivity index (χ3n) is 4.77. The summed E-state index contributed by atoms with van der Waals surface area (Å²) in [5.41, 5.74) is 16.1. The highest BCUT2D eigenvalue weighted by Gasteiger charge is 2.26. The molecule has 126 valence electrons. The highest BCUT2D eigenvalue weighted by atomic mass is 79.9. The van der Waals surface area contributed by atoms with Gasteiger partial charge in [-0.25, -0.2) is 4.98 Å². The maximum absolute atomic E-state index is 6.32. The molecule has 0 amide bonds. The summed E-state index contributed by atoms with van der Waals surface area (Å²) in [5.74, 6) is 0.899. The average molecular weight is 390 g/mol. The molecule has 0 aliphatic heterocycles. The zero-order valence-electron chi connectivity index (χ0n) is 13.5. The Morgan fingerprint density at radius 1 is 1.25 bits per heavy atom. The molecule has 1 saturated carbocycles. The van der Waals surface area contributed by atoms with Crippen molar-refractivity contribution in [3.8, 4) is 11.1 Å². The predicted molar refractivity (Wildman–Crippen MR) is 96.5 cm³/mol. The largest absolute Gasteiger partial charge is 0.383 e. The Labute approximate surface area is 148 Å². The summed E-state index contributed by atoms with van der Waals surface area (Å²) in [6.45, 7) is 0. The topological polar surface area (TPSA) is 100 Å². The number of anilines is 1. The van der Waals surface area contributed by atoms with Crippen molar-refractivity contribution < 1.29 is 0 Å². The SMILES string of the molecule is Cn1cc(-c2cnn3c(N)c(Br)c(C4CCC[C@@H](N)C4)nc23)cn1. The molecular formula is C16H20BrN7. The Kier molecular flexibility index (Phi) is 3.80. The molecule has 3 aromatic rings. The van der Waals surface area contributed by atoms with Crippen LogP contribution in [0.4, 0.5) is 5.82 Å². The lowest BCUT2D eigenvalue weighted by molar-refractivity contribution is 0.387. The van der Waals surface area contributed by atoms with E-state index in [9.17, 15) is 0 Å². The van der Waals surface area contributed by atoms with Crippen LogP contribution in [0.25, 0.3) is 16.8 Å². The molecule has 0 bridgehead atoms. The second-order valence-electron chi connectivity index (χ2n) is 6.52. The summed E-state index contributed by atoms with van der Waals surface area (Å²) < 4.78 is 4.27. The van der Waals surface area contributed by atoms with E-state index >= 15 is 0 Å². The zero-order chi connectivity index (χ0) is 16.8. The monoisotopic (exact) mass is 389 g/mol. The molecule has 2 atom stereocenters. The molecule has 1 aliphatic carbocycles. The van der Waals surface area contributed by atoms with E-state index < -0.39 is 0 Å². The van der Waals surface area contributed by atoms with Gasteiger partial charge in [-0.15, -0.1) is 0 Å². The minimum absolute atomic E-state index is 0.234. The summed E-state index contributed by atoms with van der Waals surface area (Å²) in [6.07, 6.45) is 9.79. The zero-order valence-corrected chi connectivity index (χ0v) is 15.1. The van der Waals surface area contributed by atoms with Crippen LogP contribution in [0.15, 0.2) is 23.1 Å². The van der Waals surface area contributed by atoms with Gasteiger partial charge in [-0.2, -0.15) is 14.7 Å². The Morgan fingerprint density at radius 2 is 2.08 bits per heavy atom. The first-order valence-electron chi connectivity index (χ1n) is 8.11. The number of fused-ring (bicyclic) bond motifs is 1. The van der Waals surface area contributed by atoms with Crippen LogP contribution >= 0.6 is 15.9 Å². The molecule has 0 aromatic carbocycles. The standard InChI is InChI=1S/C16H20BrN7/c1-23-8-10(6-20-23)12-7-21-24-15(19)13(17)14(22-16(12)24)9-3-2-4-11(18)5-9/h6-9,11H,2-5,18-19H2,1H3/t9?,11-/m1/s1. The molecule has 4 N–H and O–H groups in total. The molecule has 1 aliphatic rings. The first-order chi connectivity index (χ1) is 11.5. The van der Waals surface area contributed by atoms with Crippen molar-refractivity contribution in [2.45, 2.75) is 37.6 Å².